The Hall–Kier alpha value is -2.10. The zero-order valence-corrected chi connectivity index (χ0v) is 11.9. The highest BCUT2D eigenvalue weighted by Crippen LogP contribution is 2.26. The molecule has 2 aromatic rings. The van der Waals surface area contributed by atoms with E-state index in [9.17, 15) is 4.79 Å². The number of carboxylic acid groups (broad SMARTS) is 1. The molecule has 0 radical (unpaired) electrons. The number of hydrogen-bond acceptors (Lipinski definition) is 2. The van der Waals surface area contributed by atoms with Crippen LogP contribution in [0.25, 0.3) is 5.69 Å². The van der Waals surface area contributed by atoms with Gasteiger partial charge in [0, 0.05) is 0 Å². The number of hydrogen-bond donors (Lipinski definition) is 1. The van der Waals surface area contributed by atoms with Crippen molar-refractivity contribution in [2.75, 3.05) is 0 Å². The van der Waals surface area contributed by atoms with E-state index in [1.165, 1.54) is 17.3 Å². The summed E-state index contributed by atoms with van der Waals surface area (Å²) in [6, 6.07) is 2.14. The summed E-state index contributed by atoms with van der Waals surface area (Å²) in [5, 5.41) is 13.4. The molecule has 0 aliphatic heterocycles. The Morgan fingerprint density at radius 3 is 2.05 bits per heavy atom. The summed E-state index contributed by atoms with van der Waals surface area (Å²) in [4.78, 5) is 11.1. The van der Waals surface area contributed by atoms with Crippen LogP contribution >= 0.6 is 0 Å². The Morgan fingerprint density at radius 2 is 1.63 bits per heavy atom. The number of aromatic carboxylic acids is 1. The zero-order valence-electron chi connectivity index (χ0n) is 11.9. The molecule has 0 spiro atoms. The smallest absolute Gasteiger partial charge is 0.339 e. The maximum Gasteiger partial charge on any atom is 0.339 e. The van der Waals surface area contributed by atoms with Crippen molar-refractivity contribution in [3.05, 3.63) is 45.8 Å². The second kappa shape index (κ2) is 4.53. The molecule has 0 unspecified atom stereocenters. The minimum atomic E-state index is -0.941. The quantitative estimate of drug-likeness (QED) is 0.900. The Morgan fingerprint density at radius 1 is 1.11 bits per heavy atom. The maximum atomic E-state index is 11.1. The molecule has 1 aromatic carbocycles. The molecule has 1 N–H and O–H groups in total. The van der Waals surface area contributed by atoms with Crippen LogP contribution in [0.5, 0.6) is 0 Å². The van der Waals surface area contributed by atoms with Crippen LogP contribution in [0, 0.1) is 34.6 Å². The van der Waals surface area contributed by atoms with Crippen LogP contribution in [0.4, 0.5) is 0 Å². The van der Waals surface area contributed by atoms with E-state index < -0.39 is 5.97 Å². The van der Waals surface area contributed by atoms with Crippen LogP contribution in [0.3, 0.4) is 0 Å². The Bertz CT molecular complexity index is 643. The number of carbonyl (C=O) groups is 1. The fourth-order valence-corrected chi connectivity index (χ4v) is 2.36. The van der Waals surface area contributed by atoms with E-state index in [0.717, 1.165) is 16.8 Å². The molecular weight excluding hydrogens is 240 g/mol. The number of nitrogens with zero attached hydrogens (tertiary/aromatic N) is 2. The highest BCUT2D eigenvalue weighted by atomic mass is 16.4. The molecule has 4 heteroatoms. The molecule has 19 heavy (non-hydrogen) atoms. The second-order valence-corrected chi connectivity index (χ2v) is 4.97. The highest BCUT2D eigenvalue weighted by molar-refractivity contribution is 5.88. The summed E-state index contributed by atoms with van der Waals surface area (Å²) in [6.07, 6.45) is 1.41. The number of carboxylic acids is 1. The van der Waals surface area contributed by atoms with Gasteiger partial charge < -0.3 is 5.11 Å². The zero-order chi connectivity index (χ0) is 14.3. The van der Waals surface area contributed by atoms with E-state index in [0.29, 0.717) is 5.69 Å². The van der Waals surface area contributed by atoms with Gasteiger partial charge in [-0.3, -0.25) is 0 Å². The largest absolute Gasteiger partial charge is 0.478 e. The summed E-state index contributed by atoms with van der Waals surface area (Å²) in [7, 11) is 0. The molecule has 0 saturated carbocycles. The second-order valence-electron chi connectivity index (χ2n) is 4.97. The minimum Gasteiger partial charge on any atom is -0.478 e. The van der Waals surface area contributed by atoms with E-state index in [1.807, 2.05) is 13.8 Å². The van der Waals surface area contributed by atoms with Crippen LogP contribution in [-0.2, 0) is 0 Å². The van der Waals surface area contributed by atoms with Crippen LogP contribution in [-0.4, -0.2) is 20.9 Å². The molecule has 0 saturated heterocycles. The van der Waals surface area contributed by atoms with Crippen molar-refractivity contribution in [3.63, 3.8) is 0 Å². The fraction of sp³-hybridized carbons (Fsp3) is 0.333. The minimum absolute atomic E-state index is 0.248. The van der Waals surface area contributed by atoms with Crippen LogP contribution in [0.15, 0.2) is 12.3 Å². The molecule has 2 rings (SSSR count). The summed E-state index contributed by atoms with van der Waals surface area (Å²) >= 11 is 0. The van der Waals surface area contributed by atoms with E-state index in [4.69, 9.17) is 5.11 Å². The molecule has 1 heterocycles. The van der Waals surface area contributed by atoms with Crippen molar-refractivity contribution in [3.8, 4) is 5.69 Å². The highest BCUT2D eigenvalue weighted by Gasteiger charge is 2.17. The van der Waals surface area contributed by atoms with Gasteiger partial charge in [0.25, 0.3) is 0 Å². The van der Waals surface area contributed by atoms with Crippen molar-refractivity contribution >= 4 is 5.97 Å². The topological polar surface area (TPSA) is 55.1 Å². The van der Waals surface area contributed by atoms with Crippen molar-refractivity contribution in [2.45, 2.75) is 34.6 Å². The van der Waals surface area contributed by atoms with Gasteiger partial charge in [-0.15, -0.1) is 0 Å². The van der Waals surface area contributed by atoms with Gasteiger partial charge >= 0.3 is 5.97 Å². The van der Waals surface area contributed by atoms with Gasteiger partial charge in [-0.05, 0) is 56.9 Å². The van der Waals surface area contributed by atoms with Gasteiger partial charge in [-0.25, -0.2) is 9.48 Å². The summed E-state index contributed by atoms with van der Waals surface area (Å²) in [6.45, 7) is 9.98. The van der Waals surface area contributed by atoms with Crippen LogP contribution in [0.2, 0.25) is 0 Å². The van der Waals surface area contributed by atoms with Crippen molar-refractivity contribution in [1.29, 1.82) is 0 Å². The Kier molecular flexibility index (Phi) is 3.18. The predicted molar refractivity (Wildman–Crippen MR) is 74.2 cm³/mol. The molecule has 1 aromatic heterocycles. The van der Waals surface area contributed by atoms with Gasteiger partial charge in [0.15, 0.2) is 0 Å². The third-order valence-electron chi connectivity index (χ3n) is 3.78. The lowest BCUT2D eigenvalue weighted by molar-refractivity contribution is 0.0696. The molecule has 0 aliphatic carbocycles. The lowest BCUT2D eigenvalue weighted by Crippen LogP contribution is -2.08. The Labute approximate surface area is 112 Å². The average molecular weight is 258 g/mol. The van der Waals surface area contributed by atoms with E-state index >= 15 is 0 Å². The third-order valence-corrected chi connectivity index (χ3v) is 3.78. The van der Waals surface area contributed by atoms with E-state index in [-0.39, 0.29) is 5.56 Å². The van der Waals surface area contributed by atoms with E-state index in [2.05, 4.69) is 25.0 Å². The molecule has 4 nitrogen and oxygen atoms in total. The van der Waals surface area contributed by atoms with Crippen LogP contribution in [0.1, 0.15) is 38.3 Å². The monoisotopic (exact) mass is 258 g/mol. The molecule has 100 valence electrons. The van der Waals surface area contributed by atoms with Crippen molar-refractivity contribution in [2.24, 2.45) is 0 Å². The lowest BCUT2D eigenvalue weighted by atomic mass is 9.98. The summed E-state index contributed by atoms with van der Waals surface area (Å²) in [5.41, 5.74) is 6.52. The number of benzene rings is 1. The molecule has 0 bridgehead atoms. The first-order chi connectivity index (χ1) is 8.84. The maximum absolute atomic E-state index is 11.1. The Balaban J connectivity index is 2.76. The first kappa shape index (κ1) is 13.3. The average Bonchev–Trinajstić information content (AvgIpc) is 2.70. The van der Waals surface area contributed by atoms with Crippen molar-refractivity contribution < 1.29 is 9.90 Å². The summed E-state index contributed by atoms with van der Waals surface area (Å²) < 4.78 is 1.73. The van der Waals surface area contributed by atoms with Gasteiger partial charge in [0.05, 0.1) is 17.6 Å². The fourth-order valence-electron chi connectivity index (χ4n) is 2.36. The molecule has 0 fully saturated rings. The van der Waals surface area contributed by atoms with Crippen molar-refractivity contribution in [1.82, 2.24) is 9.78 Å². The third kappa shape index (κ3) is 2.03. The van der Waals surface area contributed by atoms with Gasteiger partial charge in [0.1, 0.15) is 5.56 Å². The normalized spacial score (nSPS) is 10.8. The predicted octanol–water partition coefficient (Wildman–Crippen LogP) is 3.11. The summed E-state index contributed by atoms with van der Waals surface area (Å²) in [5.74, 6) is -0.941. The lowest BCUT2D eigenvalue weighted by Gasteiger charge is -2.16. The van der Waals surface area contributed by atoms with Gasteiger partial charge in [-0.1, -0.05) is 6.07 Å². The molecule has 0 atom stereocenters. The van der Waals surface area contributed by atoms with Gasteiger partial charge in [-0.2, -0.15) is 5.10 Å². The molecule has 0 aliphatic rings. The van der Waals surface area contributed by atoms with E-state index in [1.54, 1.807) is 11.6 Å². The molecule has 0 amide bonds. The number of aryl methyl sites for hydroxylation is 2. The molecular formula is C15H18N2O2. The number of rotatable bonds is 2. The first-order valence-electron chi connectivity index (χ1n) is 6.20. The van der Waals surface area contributed by atoms with Crippen LogP contribution < -0.4 is 0 Å². The number of aromatic nitrogens is 2. The standard InChI is InChI=1S/C15H18N2O2/c1-8-6-9(2)11(4)14(10(8)3)17-12(5)13(7-16-17)15(18)19/h6-7H,1-5H3,(H,18,19). The first-order valence-corrected chi connectivity index (χ1v) is 6.20. The SMILES string of the molecule is Cc1cc(C)c(C)c(-n2ncc(C(=O)O)c2C)c1C. The van der Waals surface area contributed by atoms with Gasteiger partial charge in [0.2, 0.25) is 0 Å².